The van der Waals surface area contributed by atoms with Gasteiger partial charge in [0.2, 0.25) is 5.91 Å². The lowest BCUT2D eigenvalue weighted by atomic mass is 9.99. The number of nitrogens with zero attached hydrogens (tertiary/aromatic N) is 2. The Balaban J connectivity index is 1.91. The average molecular weight is 367 g/mol. The van der Waals surface area contributed by atoms with Crippen molar-refractivity contribution in [1.82, 2.24) is 15.2 Å². The lowest BCUT2D eigenvalue weighted by Crippen LogP contribution is -2.32. The lowest BCUT2D eigenvalue weighted by Gasteiger charge is -2.19. The van der Waals surface area contributed by atoms with Crippen LogP contribution in [-0.2, 0) is 4.79 Å². The van der Waals surface area contributed by atoms with E-state index in [2.05, 4.69) is 19.2 Å². The molecule has 2 aromatic rings. The smallest absolute Gasteiger partial charge is 0.252 e. The zero-order valence-corrected chi connectivity index (χ0v) is 16.7. The van der Waals surface area contributed by atoms with Crippen molar-refractivity contribution in [3.05, 3.63) is 41.6 Å². The Bertz CT molecular complexity index is 845. The number of rotatable bonds is 5. The highest BCUT2D eigenvalue weighted by Gasteiger charge is 2.30. The van der Waals surface area contributed by atoms with Gasteiger partial charge in [0, 0.05) is 42.6 Å². The molecule has 1 saturated heterocycles. The first kappa shape index (κ1) is 19.3. The summed E-state index contributed by atoms with van der Waals surface area (Å²) < 4.78 is 0. The SMILES string of the molecule is CC(C)CNC(=O)c1cc(C2CCN(C(=O)C(C)C)C2)nc2ccccc12. The van der Waals surface area contributed by atoms with E-state index in [-0.39, 0.29) is 23.7 Å². The van der Waals surface area contributed by atoms with Crippen molar-refractivity contribution >= 4 is 22.7 Å². The number of benzene rings is 1. The molecule has 0 aliphatic carbocycles. The molecule has 2 amide bonds. The summed E-state index contributed by atoms with van der Waals surface area (Å²) in [6, 6.07) is 9.69. The van der Waals surface area contributed by atoms with Crippen molar-refractivity contribution in [3.8, 4) is 0 Å². The fraction of sp³-hybridized carbons (Fsp3) is 0.500. The van der Waals surface area contributed by atoms with Crippen LogP contribution in [0.5, 0.6) is 0 Å². The second-order valence-electron chi connectivity index (χ2n) is 8.14. The third kappa shape index (κ3) is 4.29. The van der Waals surface area contributed by atoms with Crippen molar-refractivity contribution in [1.29, 1.82) is 0 Å². The first-order chi connectivity index (χ1) is 12.9. The Morgan fingerprint density at radius 3 is 2.67 bits per heavy atom. The molecule has 0 bridgehead atoms. The highest BCUT2D eigenvalue weighted by atomic mass is 16.2. The van der Waals surface area contributed by atoms with Gasteiger partial charge in [-0.2, -0.15) is 0 Å². The third-order valence-corrected chi connectivity index (χ3v) is 5.06. The highest BCUT2D eigenvalue weighted by Crippen LogP contribution is 2.30. The molecule has 1 aliphatic heterocycles. The maximum Gasteiger partial charge on any atom is 0.252 e. The molecule has 27 heavy (non-hydrogen) atoms. The predicted octanol–water partition coefficient (Wildman–Crippen LogP) is 3.59. The topological polar surface area (TPSA) is 62.3 Å². The molecule has 0 spiro atoms. The first-order valence-corrected chi connectivity index (χ1v) is 9.83. The standard InChI is InChI=1S/C22H29N3O2/c1-14(2)12-23-21(26)18-11-20(24-19-8-6-5-7-17(18)19)16-9-10-25(13-16)22(27)15(3)4/h5-8,11,14-16H,9-10,12-13H2,1-4H3,(H,23,26). The van der Waals surface area contributed by atoms with Crippen LogP contribution in [0, 0.1) is 11.8 Å². The average Bonchev–Trinajstić information content (AvgIpc) is 3.14. The number of para-hydroxylation sites is 1. The summed E-state index contributed by atoms with van der Waals surface area (Å²) >= 11 is 0. The van der Waals surface area contributed by atoms with Crippen LogP contribution in [-0.4, -0.2) is 41.3 Å². The molecule has 1 atom stereocenters. The minimum absolute atomic E-state index is 0.00526. The number of carbonyl (C=O) groups excluding carboxylic acids is 2. The summed E-state index contributed by atoms with van der Waals surface area (Å²) in [5.74, 6) is 0.705. The number of amides is 2. The number of aromatic nitrogens is 1. The van der Waals surface area contributed by atoms with Crippen LogP contribution in [0.4, 0.5) is 0 Å². The van der Waals surface area contributed by atoms with Crippen LogP contribution in [0.1, 0.15) is 56.1 Å². The maximum absolute atomic E-state index is 12.8. The van der Waals surface area contributed by atoms with Gasteiger partial charge in [0.15, 0.2) is 0 Å². The molecule has 0 radical (unpaired) electrons. The van der Waals surface area contributed by atoms with Gasteiger partial charge in [0.25, 0.3) is 5.91 Å². The van der Waals surface area contributed by atoms with E-state index >= 15 is 0 Å². The number of carbonyl (C=O) groups is 2. The minimum atomic E-state index is -0.0586. The quantitative estimate of drug-likeness (QED) is 0.878. The van der Waals surface area contributed by atoms with Crippen molar-refractivity contribution in [2.45, 2.75) is 40.0 Å². The Labute approximate surface area is 161 Å². The molecule has 5 nitrogen and oxygen atoms in total. The van der Waals surface area contributed by atoms with E-state index < -0.39 is 0 Å². The van der Waals surface area contributed by atoms with E-state index in [1.54, 1.807) is 0 Å². The number of likely N-dealkylation sites (tertiary alicyclic amines) is 1. The van der Waals surface area contributed by atoms with E-state index in [0.29, 0.717) is 24.6 Å². The molecule has 1 fully saturated rings. The zero-order valence-electron chi connectivity index (χ0n) is 16.7. The van der Waals surface area contributed by atoms with Gasteiger partial charge in [-0.25, -0.2) is 0 Å². The van der Waals surface area contributed by atoms with Crippen LogP contribution in [0.3, 0.4) is 0 Å². The zero-order chi connectivity index (χ0) is 19.6. The molecule has 1 aromatic carbocycles. The molecule has 1 aromatic heterocycles. The summed E-state index contributed by atoms with van der Waals surface area (Å²) in [5, 5.41) is 3.89. The fourth-order valence-corrected chi connectivity index (χ4v) is 3.55. The van der Waals surface area contributed by atoms with Crippen LogP contribution < -0.4 is 5.32 Å². The maximum atomic E-state index is 12.8. The number of hydrogen-bond acceptors (Lipinski definition) is 3. The number of nitrogens with one attached hydrogen (secondary N) is 1. The van der Waals surface area contributed by atoms with Crippen molar-refractivity contribution in [3.63, 3.8) is 0 Å². The summed E-state index contributed by atoms with van der Waals surface area (Å²) in [6.45, 7) is 10.1. The van der Waals surface area contributed by atoms with Gasteiger partial charge in [-0.15, -0.1) is 0 Å². The Morgan fingerprint density at radius 1 is 1.22 bits per heavy atom. The Kier molecular flexibility index (Phi) is 5.78. The van der Waals surface area contributed by atoms with Gasteiger partial charge < -0.3 is 10.2 Å². The van der Waals surface area contributed by atoms with Crippen LogP contribution in [0.2, 0.25) is 0 Å². The normalized spacial score (nSPS) is 17.1. The largest absolute Gasteiger partial charge is 0.352 e. The molecule has 5 heteroatoms. The highest BCUT2D eigenvalue weighted by molar-refractivity contribution is 6.06. The van der Waals surface area contributed by atoms with Gasteiger partial charge in [-0.3, -0.25) is 14.6 Å². The molecule has 1 aliphatic rings. The van der Waals surface area contributed by atoms with E-state index in [4.69, 9.17) is 4.98 Å². The van der Waals surface area contributed by atoms with Crippen LogP contribution in [0.25, 0.3) is 10.9 Å². The molecule has 144 valence electrons. The van der Waals surface area contributed by atoms with Crippen molar-refractivity contribution in [2.75, 3.05) is 19.6 Å². The van der Waals surface area contributed by atoms with E-state index in [1.807, 2.05) is 49.1 Å². The van der Waals surface area contributed by atoms with E-state index in [1.165, 1.54) is 0 Å². The summed E-state index contributed by atoms with van der Waals surface area (Å²) in [5.41, 5.74) is 2.41. The van der Waals surface area contributed by atoms with Crippen molar-refractivity contribution in [2.24, 2.45) is 11.8 Å². The second kappa shape index (κ2) is 8.07. The van der Waals surface area contributed by atoms with Crippen LogP contribution in [0.15, 0.2) is 30.3 Å². The Morgan fingerprint density at radius 2 is 1.96 bits per heavy atom. The third-order valence-electron chi connectivity index (χ3n) is 5.06. The van der Waals surface area contributed by atoms with Gasteiger partial charge in [0.05, 0.1) is 11.1 Å². The molecule has 1 unspecified atom stereocenters. The molecule has 1 N–H and O–H groups in total. The lowest BCUT2D eigenvalue weighted by molar-refractivity contribution is -0.133. The van der Waals surface area contributed by atoms with E-state index in [9.17, 15) is 9.59 Å². The number of fused-ring (bicyclic) bond motifs is 1. The summed E-state index contributed by atoms with van der Waals surface area (Å²) in [4.78, 5) is 31.8. The van der Waals surface area contributed by atoms with Gasteiger partial charge >= 0.3 is 0 Å². The van der Waals surface area contributed by atoms with Gasteiger partial charge in [-0.05, 0) is 24.5 Å². The molecule has 0 saturated carbocycles. The molecule has 2 heterocycles. The van der Waals surface area contributed by atoms with Gasteiger partial charge in [-0.1, -0.05) is 45.9 Å². The fourth-order valence-electron chi connectivity index (χ4n) is 3.55. The molecule has 3 rings (SSSR count). The number of hydrogen-bond donors (Lipinski definition) is 1. The monoisotopic (exact) mass is 367 g/mol. The molecular weight excluding hydrogens is 338 g/mol. The van der Waals surface area contributed by atoms with E-state index in [0.717, 1.165) is 29.6 Å². The molecular formula is C22H29N3O2. The first-order valence-electron chi connectivity index (χ1n) is 9.83. The predicted molar refractivity (Wildman–Crippen MR) is 108 cm³/mol. The summed E-state index contributed by atoms with van der Waals surface area (Å²) in [7, 11) is 0. The number of pyridine rings is 1. The van der Waals surface area contributed by atoms with Gasteiger partial charge in [0.1, 0.15) is 0 Å². The second-order valence-corrected chi connectivity index (χ2v) is 8.14. The minimum Gasteiger partial charge on any atom is -0.352 e. The van der Waals surface area contributed by atoms with Crippen LogP contribution >= 0.6 is 0 Å². The summed E-state index contributed by atoms with van der Waals surface area (Å²) in [6.07, 6.45) is 0.886. The van der Waals surface area contributed by atoms with Crippen molar-refractivity contribution < 1.29 is 9.59 Å². The Hall–Kier alpha value is -2.43.